The smallest absolute Gasteiger partial charge is 0.306 e. The highest BCUT2D eigenvalue weighted by Gasteiger charge is 2.40. The largest absolute Gasteiger partial charge is 0.493 e. The minimum Gasteiger partial charge on any atom is -0.493 e. The molecule has 2 N–H and O–H groups in total. The number of carbonyl (C=O) groups is 2. The van der Waals surface area contributed by atoms with Crippen molar-refractivity contribution in [1.29, 1.82) is 0 Å². The second-order valence-corrected chi connectivity index (χ2v) is 9.07. The van der Waals surface area contributed by atoms with E-state index >= 15 is 0 Å². The Labute approximate surface area is 197 Å². The maximum atomic E-state index is 13.5. The minimum absolute atomic E-state index is 0.151. The summed E-state index contributed by atoms with van der Waals surface area (Å²) in [5.74, 6) is -0.811. The van der Waals surface area contributed by atoms with Crippen LogP contribution in [0.4, 0.5) is 5.69 Å². The number of anilines is 1. The Kier molecular flexibility index (Phi) is 7.51. The van der Waals surface area contributed by atoms with E-state index in [1.807, 2.05) is 13.8 Å². The SMILES string of the molecule is COc1cccc([C@H]2OC(CC(=O)O)C(=O)N(CC(C)(C)CO)c3ccc(Cl)cc32)c1OC. The Balaban J connectivity index is 2.26. The van der Waals surface area contributed by atoms with E-state index in [-0.39, 0.29) is 13.2 Å². The number of carbonyl (C=O) groups excluding carboxylic acids is 1. The van der Waals surface area contributed by atoms with Crippen LogP contribution in [-0.2, 0) is 14.3 Å². The number of ether oxygens (including phenoxy) is 3. The van der Waals surface area contributed by atoms with Crippen LogP contribution in [0.3, 0.4) is 0 Å². The van der Waals surface area contributed by atoms with Crippen molar-refractivity contribution in [1.82, 2.24) is 0 Å². The molecular weight excluding hydrogens is 450 g/mol. The molecular formula is C24H28ClNO7. The van der Waals surface area contributed by atoms with Gasteiger partial charge in [-0.25, -0.2) is 0 Å². The van der Waals surface area contributed by atoms with Gasteiger partial charge in [0.05, 0.1) is 20.6 Å². The number of nitrogens with zero attached hydrogens (tertiary/aromatic N) is 1. The van der Waals surface area contributed by atoms with Gasteiger partial charge in [-0.15, -0.1) is 0 Å². The Bertz CT molecular complexity index is 1040. The minimum atomic E-state index is -1.27. The Morgan fingerprint density at radius 1 is 1.18 bits per heavy atom. The molecule has 2 aromatic rings. The first-order chi connectivity index (χ1) is 15.6. The first kappa shape index (κ1) is 24.8. The third kappa shape index (κ3) is 5.24. The average molecular weight is 478 g/mol. The van der Waals surface area contributed by atoms with E-state index in [1.165, 1.54) is 19.1 Å². The fourth-order valence-corrected chi connectivity index (χ4v) is 4.04. The zero-order valence-electron chi connectivity index (χ0n) is 19.0. The van der Waals surface area contributed by atoms with Gasteiger partial charge in [0.1, 0.15) is 12.2 Å². The highest BCUT2D eigenvalue weighted by atomic mass is 35.5. The zero-order valence-corrected chi connectivity index (χ0v) is 19.8. The van der Waals surface area contributed by atoms with Crippen molar-refractivity contribution >= 4 is 29.2 Å². The summed E-state index contributed by atoms with van der Waals surface area (Å²) >= 11 is 6.33. The molecule has 0 fully saturated rings. The molecule has 0 aromatic heterocycles. The summed E-state index contributed by atoms with van der Waals surface area (Å²) in [6, 6.07) is 10.3. The molecule has 1 unspecified atom stereocenters. The van der Waals surface area contributed by atoms with E-state index in [9.17, 15) is 19.8 Å². The molecule has 0 saturated carbocycles. The number of aliphatic carboxylic acids is 1. The number of para-hydroxylation sites is 1. The van der Waals surface area contributed by atoms with Crippen molar-refractivity contribution in [2.24, 2.45) is 5.41 Å². The number of carboxylic acids is 1. The number of fused-ring (bicyclic) bond motifs is 1. The second kappa shape index (κ2) is 9.99. The third-order valence-electron chi connectivity index (χ3n) is 5.49. The lowest BCUT2D eigenvalue weighted by Crippen LogP contribution is -2.45. The van der Waals surface area contributed by atoms with E-state index < -0.39 is 35.9 Å². The molecule has 1 heterocycles. The fraction of sp³-hybridized carbons (Fsp3) is 0.417. The molecule has 0 aliphatic carbocycles. The van der Waals surface area contributed by atoms with Gasteiger partial charge in [-0.05, 0) is 24.3 Å². The number of rotatable bonds is 8. The number of hydrogen-bond acceptors (Lipinski definition) is 6. The van der Waals surface area contributed by atoms with Crippen LogP contribution in [-0.4, -0.2) is 55.6 Å². The van der Waals surface area contributed by atoms with Crippen molar-refractivity contribution < 1.29 is 34.0 Å². The number of aliphatic hydroxyl groups is 1. The molecule has 2 aromatic carbocycles. The number of amides is 1. The standard InChI is InChI=1S/C24H28ClNO7/c1-24(2,13-27)12-26-17-9-8-14(25)10-16(17)21(33-19(23(26)30)11-20(28)29)15-6-5-7-18(31-3)22(15)32-4/h5-10,19,21,27H,11-13H2,1-4H3,(H,28,29)/t19?,21-/m1/s1. The zero-order chi connectivity index (χ0) is 24.3. The summed E-state index contributed by atoms with van der Waals surface area (Å²) in [4.78, 5) is 26.6. The number of hydrogen-bond donors (Lipinski definition) is 2. The van der Waals surface area contributed by atoms with Gasteiger partial charge in [0.2, 0.25) is 0 Å². The van der Waals surface area contributed by atoms with Crippen molar-refractivity contribution in [3.05, 3.63) is 52.5 Å². The third-order valence-corrected chi connectivity index (χ3v) is 5.73. The van der Waals surface area contributed by atoms with Gasteiger partial charge < -0.3 is 29.3 Å². The van der Waals surface area contributed by atoms with Crippen LogP contribution in [0, 0.1) is 5.41 Å². The van der Waals surface area contributed by atoms with Crippen LogP contribution < -0.4 is 14.4 Å². The molecule has 1 aliphatic heterocycles. The van der Waals surface area contributed by atoms with Crippen molar-refractivity contribution in [2.45, 2.75) is 32.5 Å². The monoisotopic (exact) mass is 477 g/mol. The summed E-state index contributed by atoms with van der Waals surface area (Å²) in [7, 11) is 3.00. The molecule has 1 amide bonds. The fourth-order valence-electron chi connectivity index (χ4n) is 3.86. The van der Waals surface area contributed by atoms with Crippen LogP contribution >= 0.6 is 11.6 Å². The molecule has 3 rings (SSSR count). The van der Waals surface area contributed by atoms with E-state index in [0.29, 0.717) is 33.3 Å². The molecule has 33 heavy (non-hydrogen) atoms. The second-order valence-electron chi connectivity index (χ2n) is 8.64. The molecule has 8 nitrogen and oxygen atoms in total. The predicted molar refractivity (Wildman–Crippen MR) is 123 cm³/mol. The summed E-state index contributed by atoms with van der Waals surface area (Å²) in [5, 5.41) is 19.7. The summed E-state index contributed by atoms with van der Waals surface area (Å²) in [5.41, 5.74) is 1.01. The van der Waals surface area contributed by atoms with Crippen LogP contribution in [0.5, 0.6) is 11.5 Å². The molecule has 2 atom stereocenters. The number of carboxylic acid groups (broad SMARTS) is 1. The number of methoxy groups -OCH3 is 2. The lowest BCUT2D eigenvalue weighted by molar-refractivity contribution is -0.147. The van der Waals surface area contributed by atoms with Crippen molar-refractivity contribution in [3.63, 3.8) is 0 Å². The average Bonchev–Trinajstić information content (AvgIpc) is 2.88. The highest BCUT2D eigenvalue weighted by Crippen LogP contribution is 2.45. The van der Waals surface area contributed by atoms with Gasteiger partial charge in [-0.2, -0.15) is 0 Å². The molecule has 0 bridgehead atoms. The van der Waals surface area contributed by atoms with Gasteiger partial charge in [0, 0.05) is 40.4 Å². The van der Waals surface area contributed by atoms with Crippen LogP contribution in [0.1, 0.15) is 37.5 Å². The summed E-state index contributed by atoms with van der Waals surface area (Å²) in [6.45, 7) is 3.61. The van der Waals surface area contributed by atoms with Crippen molar-refractivity contribution in [3.8, 4) is 11.5 Å². The normalized spacial score (nSPS) is 18.5. The molecule has 9 heteroatoms. The van der Waals surface area contributed by atoms with Gasteiger partial charge in [0.25, 0.3) is 5.91 Å². The first-order valence-corrected chi connectivity index (χ1v) is 10.8. The molecule has 0 saturated heterocycles. The number of aliphatic hydroxyl groups excluding tert-OH is 1. The van der Waals surface area contributed by atoms with E-state index in [2.05, 4.69) is 0 Å². The molecule has 1 aliphatic rings. The van der Waals surface area contributed by atoms with Crippen molar-refractivity contribution in [2.75, 3.05) is 32.3 Å². The van der Waals surface area contributed by atoms with Crippen LogP contribution in [0.2, 0.25) is 5.02 Å². The van der Waals surface area contributed by atoms with Gasteiger partial charge in [-0.1, -0.05) is 37.6 Å². The van der Waals surface area contributed by atoms with E-state index in [1.54, 1.807) is 36.4 Å². The summed E-state index contributed by atoms with van der Waals surface area (Å²) < 4.78 is 17.2. The number of benzene rings is 2. The van der Waals surface area contributed by atoms with Gasteiger partial charge >= 0.3 is 5.97 Å². The topological polar surface area (TPSA) is 106 Å². The van der Waals surface area contributed by atoms with Gasteiger partial charge in [0.15, 0.2) is 11.5 Å². The van der Waals surface area contributed by atoms with Crippen LogP contribution in [0.15, 0.2) is 36.4 Å². The lowest BCUT2D eigenvalue weighted by atomic mass is 9.92. The molecule has 178 valence electrons. The first-order valence-electron chi connectivity index (χ1n) is 10.4. The number of halogens is 1. The maximum Gasteiger partial charge on any atom is 0.306 e. The predicted octanol–water partition coefficient (Wildman–Crippen LogP) is 3.67. The van der Waals surface area contributed by atoms with E-state index in [4.69, 9.17) is 25.8 Å². The Hall–Kier alpha value is -2.81. The maximum absolute atomic E-state index is 13.5. The Morgan fingerprint density at radius 2 is 1.91 bits per heavy atom. The Morgan fingerprint density at radius 3 is 2.52 bits per heavy atom. The lowest BCUT2D eigenvalue weighted by Gasteiger charge is -2.32. The quantitative estimate of drug-likeness (QED) is 0.597. The summed E-state index contributed by atoms with van der Waals surface area (Å²) in [6.07, 6.45) is -2.66. The molecule has 0 spiro atoms. The van der Waals surface area contributed by atoms with E-state index in [0.717, 1.165) is 0 Å². The highest BCUT2D eigenvalue weighted by molar-refractivity contribution is 6.30. The van der Waals surface area contributed by atoms with Gasteiger partial charge in [-0.3, -0.25) is 9.59 Å². The van der Waals surface area contributed by atoms with Crippen LogP contribution in [0.25, 0.3) is 0 Å². The molecule has 0 radical (unpaired) electrons.